The van der Waals surface area contributed by atoms with Gasteiger partial charge >= 0.3 is 0 Å². The van der Waals surface area contributed by atoms with E-state index in [4.69, 9.17) is 9.47 Å². The van der Waals surface area contributed by atoms with E-state index in [1.165, 1.54) is 0 Å². The van der Waals surface area contributed by atoms with Crippen molar-refractivity contribution < 1.29 is 14.3 Å². The Balaban J connectivity index is 1.49. The molecule has 0 aromatic heterocycles. The average Bonchev–Trinajstić information content (AvgIpc) is 3.11. The summed E-state index contributed by atoms with van der Waals surface area (Å²) in [5.74, 6) is 1.31. The van der Waals surface area contributed by atoms with Crippen molar-refractivity contribution in [2.45, 2.75) is 12.5 Å². The minimum absolute atomic E-state index is 0.0496. The van der Waals surface area contributed by atoms with Gasteiger partial charge in [0.1, 0.15) is 0 Å². The number of carbonyl (C=O) groups excluding carboxylic acids is 1. The summed E-state index contributed by atoms with van der Waals surface area (Å²) in [6, 6.07) is 7.90. The number of nitrogens with one attached hydrogen (secondary N) is 1. The van der Waals surface area contributed by atoms with Crippen molar-refractivity contribution in [2.75, 3.05) is 53.0 Å². The molecule has 2 heterocycles. The van der Waals surface area contributed by atoms with Crippen LogP contribution >= 0.6 is 0 Å². The van der Waals surface area contributed by atoms with E-state index in [2.05, 4.69) is 10.2 Å². The molecule has 1 atom stereocenters. The van der Waals surface area contributed by atoms with Crippen LogP contribution in [0.4, 0.5) is 0 Å². The number of nitrogens with zero attached hydrogens (tertiary/aromatic N) is 2. The number of benzene rings is 1. The fourth-order valence-electron chi connectivity index (χ4n) is 3.28. The number of ether oxygens (including phenoxy) is 2. The van der Waals surface area contributed by atoms with Crippen LogP contribution < -0.4 is 14.8 Å². The quantitative estimate of drug-likeness (QED) is 0.860. The van der Waals surface area contributed by atoms with E-state index in [9.17, 15) is 4.79 Å². The molecule has 2 aliphatic rings. The topological polar surface area (TPSA) is 54.0 Å². The molecule has 1 amide bonds. The van der Waals surface area contributed by atoms with Gasteiger partial charge in [-0.1, -0.05) is 12.1 Å². The van der Waals surface area contributed by atoms with Crippen LogP contribution in [0.1, 0.15) is 6.42 Å². The number of hydrogen-bond acceptors (Lipinski definition) is 5. The first-order valence-corrected chi connectivity index (χ1v) is 8.26. The van der Waals surface area contributed by atoms with E-state index in [0.717, 1.165) is 45.7 Å². The Bertz CT molecular complexity index is 532. The molecule has 0 radical (unpaired) electrons. The molecule has 6 heteroatoms. The average molecular weight is 319 g/mol. The molecule has 1 aromatic rings. The van der Waals surface area contributed by atoms with Gasteiger partial charge in [-0.15, -0.1) is 0 Å². The highest BCUT2D eigenvalue weighted by atomic mass is 16.5. The number of piperazine rings is 1. The summed E-state index contributed by atoms with van der Waals surface area (Å²) in [4.78, 5) is 16.8. The van der Waals surface area contributed by atoms with Crippen LogP contribution in [-0.2, 0) is 4.79 Å². The second-order valence-electron chi connectivity index (χ2n) is 6.01. The van der Waals surface area contributed by atoms with Crippen LogP contribution in [0.2, 0.25) is 0 Å². The van der Waals surface area contributed by atoms with Crippen molar-refractivity contribution in [3.63, 3.8) is 0 Å². The first-order valence-electron chi connectivity index (χ1n) is 8.26. The third-order valence-electron chi connectivity index (χ3n) is 4.60. The number of para-hydroxylation sites is 2. The molecule has 1 unspecified atom stereocenters. The predicted molar refractivity (Wildman–Crippen MR) is 87.9 cm³/mol. The second-order valence-corrected chi connectivity index (χ2v) is 6.01. The first kappa shape index (κ1) is 16.1. The molecule has 1 aromatic carbocycles. The monoisotopic (exact) mass is 319 g/mol. The molecule has 23 heavy (non-hydrogen) atoms. The Morgan fingerprint density at radius 1 is 1.22 bits per heavy atom. The third-order valence-corrected chi connectivity index (χ3v) is 4.60. The van der Waals surface area contributed by atoms with Crippen LogP contribution in [0.15, 0.2) is 24.3 Å². The minimum Gasteiger partial charge on any atom is -0.493 e. The molecule has 2 saturated heterocycles. The van der Waals surface area contributed by atoms with E-state index in [0.29, 0.717) is 17.5 Å². The highest BCUT2D eigenvalue weighted by molar-refractivity contribution is 5.78. The van der Waals surface area contributed by atoms with Crippen molar-refractivity contribution in [3.05, 3.63) is 24.3 Å². The molecule has 2 aliphatic heterocycles. The van der Waals surface area contributed by atoms with E-state index in [-0.39, 0.29) is 12.5 Å². The van der Waals surface area contributed by atoms with Gasteiger partial charge in [-0.3, -0.25) is 9.69 Å². The van der Waals surface area contributed by atoms with Gasteiger partial charge < -0.3 is 19.7 Å². The largest absolute Gasteiger partial charge is 0.493 e. The third kappa shape index (κ3) is 3.95. The Labute approximate surface area is 137 Å². The zero-order valence-corrected chi connectivity index (χ0v) is 13.7. The number of carbonyl (C=O) groups is 1. The number of hydrogen-bond donors (Lipinski definition) is 1. The van der Waals surface area contributed by atoms with E-state index < -0.39 is 0 Å². The van der Waals surface area contributed by atoms with E-state index in [1.54, 1.807) is 7.11 Å². The van der Waals surface area contributed by atoms with Gasteiger partial charge in [0.05, 0.1) is 7.11 Å². The maximum Gasteiger partial charge on any atom is 0.260 e. The summed E-state index contributed by atoms with van der Waals surface area (Å²) < 4.78 is 10.9. The van der Waals surface area contributed by atoms with Crippen LogP contribution in [0.25, 0.3) is 0 Å². The molecule has 0 spiro atoms. The van der Waals surface area contributed by atoms with Gasteiger partial charge in [0.25, 0.3) is 5.91 Å². The molecule has 2 fully saturated rings. The predicted octanol–water partition coefficient (Wildman–Crippen LogP) is 0.580. The van der Waals surface area contributed by atoms with Gasteiger partial charge in [-0.05, 0) is 18.6 Å². The maximum atomic E-state index is 12.4. The summed E-state index contributed by atoms with van der Waals surface area (Å²) >= 11 is 0. The Kier molecular flexibility index (Phi) is 5.35. The van der Waals surface area contributed by atoms with Crippen LogP contribution in [0.3, 0.4) is 0 Å². The molecule has 1 N–H and O–H groups in total. The Hall–Kier alpha value is -1.79. The molecular weight excluding hydrogens is 294 g/mol. The molecule has 3 rings (SSSR count). The van der Waals surface area contributed by atoms with Crippen molar-refractivity contribution in [1.29, 1.82) is 0 Å². The molecule has 6 nitrogen and oxygen atoms in total. The SMILES string of the molecule is COc1ccccc1OCC(=O)N1CCC(N2CCNCC2)C1. The van der Waals surface area contributed by atoms with Gasteiger partial charge in [-0.25, -0.2) is 0 Å². The van der Waals surface area contributed by atoms with Crippen LogP contribution in [-0.4, -0.2) is 74.7 Å². The Morgan fingerprint density at radius 2 is 1.96 bits per heavy atom. The maximum absolute atomic E-state index is 12.4. The van der Waals surface area contributed by atoms with Gasteiger partial charge in [0, 0.05) is 45.3 Å². The lowest BCUT2D eigenvalue weighted by Crippen LogP contribution is -2.49. The molecule has 0 aliphatic carbocycles. The van der Waals surface area contributed by atoms with E-state index >= 15 is 0 Å². The number of likely N-dealkylation sites (tertiary alicyclic amines) is 1. The number of methoxy groups -OCH3 is 1. The fourth-order valence-corrected chi connectivity index (χ4v) is 3.28. The summed E-state index contributed by atoms with van der Waals surface area (Å²) in [6.07, 6.45) is 1.06. The normalized spacial score (nSPS) is 22.1. The highest BCUT2D eigenvalue weighted by Gasteiger charge is 2.31. The van der Waals surface area contributed by atoms with Crippen molar-refractivity contribution >= 4 is 5.91 Å². The van der Waals surface area contributed by atoms with Crippen LogP contribution in [0, 0.1) is 0 Å². The van der Waals surface area contributed by atoms with Gasteiger partial charge in [0.15, 0.2) is 18.1 Å². The molecule has 126 valence electrons. The second kappa shape index (κ2) is 7.66. The highest BCUT2D eigenvalue weighted by Crippen LogP contribution is 2.26. The lowest BCUT2D eigenvalue weighted by atomic mass is 10.2. The summed E-state index contributed by atoms with van der Waals surface area (Å²) in [5.41, 5.74) is 0. The van der Waals surface area contributed by atoms with Gasteiger partial charge in [-0.2, -0.15) is 0 Å². The molecular formula is C17H25N3O3. The molecule has 0 bridgehead atoms. The van der Waals surface area contributed by atoms with E-state index in [1.807, 2.05) is 29.2 Å². The summed E-state index contributed by atoms with van der Waals surface area (Å²) in [5, 5.41) is 3.37. The van der Waals surface area contributed by atoms with Crippen molar-refractivity contribution in [1.82, 2.24) is 15.1 Å². The first-order chi connectivity index (χ1) is 11.3. The smallest absolute Gasteiger partial charge is 0.260 e. The Morgan fingerprint density at radius 3 is 2.70 bits per heavy atom. The lowest BCUT2D eigenvalue weighted by molar-refractivity contribution is -0.132. The lowest BCUT2D eigenvalue weighted by Gasteiger charge is -2.32. The van der Waals surface area contributed by atoms with Gasteiger partial charge in [0.2, 0.25) is 0 Å². The summed E-state index contributed by atoms with van der Waals surface area (Å²) in [7, 11) is 1.60. The standard InChI is InChI=1S/C17H25N3O3/c1-22-15-4-2-3-5-16(15)23-13-17(21)20-9-6-14(12-20)19-10-7-18-8-11-19/h2-5,14,18H,6-13H2,1H3. The van der Waals surface area contributed by atoms with Crippen LogP contribution in [0.5, 0.6) is 11.5 Å². The van der Waals surface area contributed by atoms with Crippen molar-refractivity contribution in [2.24, 2.45) is 0 Å². The zero-order valence-electron chi connectivity index (χ0n) is 13.7. The number of amides is 1. The number of rotatable bonds is 5. The van der Waals surface area contributed by atoms with Crippen molar-refractivity contribution in [3.8, 4) is 11.5 Å². The minimum atomic E-state index is 0.0496. The zero-order chi connectivity index (χ0) is 16.1. The summed E-state index contributed by atoms with van der Waals surface area (Å²) in [6.45, 7) is 5.93. The molecule has 0 saturated carbocycles. The fraction of sp³-hybridized carbons (Fsp3) is 0.588.